The molecule has 0 unspecified atom stereocenters. The van der Waals surface area contributed by atoms with E-state index >= 15 is 0 Å². The highest BCUT2D eigenvalue weighted by Gasteiger charge is 2.14. The van der Waals surface area contributed by atoms with Crippen LogP contribution in [0.3, 0.4) is 0 Å². The standard InChI is InChI=1S/C22H23N3O3S3/c1-25(31(2,27)28)18-9-6-16(7-10-18)20-13-30-22(23-20)24-21(26)14-29-19-11-8-15-4-3-5-17(15)12-19/h6-13H,3-5,14H2,1-2H3,(H,23,24,26). The third-order valence-electron chi connectivity index (χ3n) is 5.21. The Kier molecular flexibility index (Phi) is 6.36. The van der Waals surface area contributed by atoms with E-state index < -0.39 is 10.0 Å². The van der Waals surface area contributed by atoms with Gasteiger partial charge >= 0.3 is 0 Å². The molecular weight excluding hydrogens is 450 g/mol. The lowest BCUT2D eigenvalue weighted by molar-refractivity contribution is -0.113. The summed E-state index contributed by atoms with van der Waals surface area (Å²) in [6, 6.07) is 13.6. The van der Waals surface area contributed by atoms with Crippen LogP contribution in [0, 0.1) is 0 Å². The molecule has 162 valence electrons. The third kappa shape index (κ3) is 5.28. The molecule has 1 aliphatic carbocycles. The first-order valence-corrected chi connectivity index (χ1v) is 13.6. The van der Waals surface area contributed by atoms with Crippen molar-refractivity contribution in [2.45, 2.75) is 24.2 Å². The van der Waals surface area contributed by atoms with Gasteiger partial charge in [-0.1, -0.05) is 18.2 Å². The lowest BCUT2D eigenvalue weighted by Crippen LogP contribution is -2.24. The van der Waals surface area contributed by atoms with Crippen LogP contribution in [0.1, 0.15) is 17.5 Å². The van der Waals surface area contributed by atoms with Gasteiger partial charge < -0.3 is 5.32 Å². The Hall–Kier alpha value is -2.36. The number of anilines is 2. The number of thiazole rings is 1. The normalized spacial score (nSPS) is 13.1. The van der Waals surface area contributed by atoms with Gasteiger partial charge in [-0.3, -0.25) is 9.10 Å². The molecule has 1 N–H and O–H groups in total. The number of rotatable bonds is 7. The molecule has 1 aromatic heterocycles. The SMILES string of the molecule is CN(c1ccc(-c2csc(NC(=O)CSc3ccc4c(c3)CCC4)n2)cc1)S(C)(=O)=O. The average molecular weight is 474 g/mol. The predicted molar refractivity (Wildman–Crippen MR) is 129 cm³/mol. The zero-order valence-electron chi connectivity index (χ0n) is 17.3. The lowest BCUT2D eigenvalue weighted by atomic mass is 10.1. The lowest BCUT2D eigenvalue weighted by Gasteiger charge is -2.16. The zero-order chi connectivity index (χ0) is 22.0. The monoisotopic (exact) mass is 473 g/mol. The number of amides is 1. The molecule has 1 aliphatic rings. The van der Waals surface area contributed by atoms with Gasteiger partial charge in [-0.15, -0.1) is 23.1 Å². The molecule has 2 aromatic carbocycles. The minimum absolute atomic E-state index is 0.0866. The molecule has 0 fully saturated rings. The van der Waals surface area contributed by atoms with E-state index in [4.69, 9.17) is 0 Å². The minimum Gasteiger partial charge on any atom is -0.301 e. The summed E-state index contributed by atoms with van der Waals surface area (Å²) >= 11 is 2.90. The summed E-state index contributed by atoms with van der Waals surface area (Å²) in [5.74, 6) is 0.247. The topological polar surface area (TPSA) is 79.4 Å². The Morgan fingerprint density at radius 2 is 1.90 bits per heavy atom. The highest BCUT2D eigenvalue weighted by Crippen LogP contribution is 2.29. The van der Waals surface area contributed by atoms with Gasteiger partial charge in [0.15, 0.2) is 5.13 Å². The highest BCUT2D eigenvalue weighted by molar-refractivity contribution is 8.00. The Balaban J connectivity index is 1.35. The van der Waals surface area contributed by atoms with Gasteiger partial charge in [0.05, 0.1) is 23.4 Å². The molecule has 0 aliphatic heterocycles. The van der Waals surface area contributed by atoms with Crippen molar-refractivity contribution in [2.24, 2.45) is 0 Å². The number of hydrogen-bond donors (Lipinski definition) is 1. The number of carbonyl (C=O) groups is 1. The van der Waals surface area contributed by atoms with Crippen molar-refractivity contribution < 1.29 is 13.2 Å². The van der Waals surface area contributed by atoms with Crippen LogP contribution in [0.15, 0.2) is 52.7 Å². The van der Waals surface area contributed by atoms with Gasteiger partial charge in [-0.05, 0) is 54.7 Å². The van der Waals surface area contributed by atoms with Crippen LogP contribution in [-0.2, 0) is 27.7 Å². The maximum atomic E-state index is 12.4. The van der Waals surface area contributed by atoms with Gasteiger partial charge in [0.1, 0.15) is 0 Å². The molecule has 0 spiro atoms. The van der Waals surface area contributed by atoms with Crippen LogP contribution in [-0.4, -0.2) is 38.4 Å². The molecule has 1 heterocycles. The van der Waals surface area contributed by atoms with Crippen molar-refractivity contribution in [3.05, 3.63) is 59.0 Å². The predicted octanol–water partition coefficient (Wildman–Crippen LogP) is 4.43. The highest BCUT2D eigenvalue weighted by atomic mass is 32.2. The Morgan fingerprint density at radius 1 is 1.16 bits per heavy atom. The van der Waals surface area contributed by atoms with Crippen molar-refractivity contribution in [3.63, 3.8) is 0 Å². The summed E-state index contributed by atoms with van der Waals surface area (Å²) in [6.45, 7) is 0. The van der Waals surface area contributed by atoms with Crippen LogP contribution < -0.4 is 9.62 Å². The zero-order valence-corrected chi connectivity index (χ0v) is 19.7. The average Bonchev–Trinajstić information content (AvgIpc) is 3.40. The molecule has 1 amide bonds. The number of benzene rings is 2. The van der Waals surface area contributed by atoms with E-state index in [2.05, 4.69) is 28.5 Å². The second-order valence-corrected chi connectivity index (χ2v) is 11.4. The van der Waals surface area contributed by atoms with Crippen molar-refractivity contribution in [1.82, 2.24) is 4.98 Å². The van der Waals surface area contributed by atoms with E-state index in [0.717, 1.165) is 29.0 Å². The number of aromatic nitrogens is 1. The van der Waals surface area contributed by atoms with E-state index in [-0.39, 0.29) is 5.91 Å². The molecule has 0 saturated carbocycles. The maximum absolute atomic E-state index is 12.4. The van der Waals surface area contributed by atoms with Gasteiger partial charge in [0, 0.05) is 22.9 Å². The summed E-state index contributed by atoms with van der Waals surface area (Å²) in [5, 5.41) is 5.29. The molecule has 0 radical (unpaired) electrons. The molecule has 0 saturated heterocycles. The van der Waals surface area contributed by atoms with Crippen LogP contribution in [0.25, 0.3) is 11.3 Å². The Bertz CT molecular complexity index is 1200. The van der Waals surface area contributed by atoms with E-state index in [9.17, 15) is 13.2 Å². The van der Waals surface area contributed by atoms with Crippen molar-refractivity contribution in [1.29, 1.82) is 0 Å². The summed E-state index contributed by atoms with van der Waals surface area (Å²) in [4.78, 5) is 18.0. The maximum Gasteiger partial charge on any atom is 0.236 e. The van der Waals surface area contributed by atoms with E-state index in [0.29, 0.717) is 16.6 Å². The van der Waals surface area contributed by atoms with Crippen LogP contribution in [0.4, 0.5) is 10.8 Å². The number of hydrogen-bond acceptors (Lipinski definition) is 6. The molecule has 6 nitrogen and oxygen atoms in total. The fourth-order valence-electron chi connectivity index (χ4n) is 3.44. The first kappa shape index (κ1) is 21.9. The summed E-state index contributed by atoms with van der Waals surface area (Å²) in [6.07, 6.45) is 4.67. The van der Waals surface area contributed by atoms with Gasteiger partial charge in [0.25, 0.3) is 0 Å². The van der Waals surface area contributed by atoms with Crippen LogP contribution >= 0.6 is 23.1 Å². The van der Waals surface area contributed by atoms with Crippen LogP contribution in [0.2, 0.25) is 0 Å². The number of sulfonamides is 1. The number of nitrogens with one attached hydrogen (secondary N) is 1. The van der Waals surface area contributed by atoms with Gasteiger partial charge in [0.2, 0.25) is 15.9 Å². The quantitative estimate of drug-likeness (QED) is 0.514. The largest absolute Gasteiger partial charge is 0.301 e. The fourth-order valence-corrected chi connectivity index (χ4v) is 5.44. The smallest absolute Gasteiger partial charge is 0.236 e. The molecule has 0 bridgehead atoms. The molecule has 4 rings (SSSR count). The molecule has 3 aromatic rings. The second kappa shape index (κ2) is 9.02. The first-order chi connectivity index (χ1) is 14.8. The fraction of sp³-hybridized carbons (Fsp3) is 0.273. The summed E-state index contributed by atoms with van der Waals surface area (Å²) < 4.78 is 24.5. The minimum atomic E-state index is -3.30. The van der Waals surface area contributed by atoms with Gasteiger partial charge in [-0.2, -0.15) is 0 Å². The Labute approximate surface area is 190 Å². The number of nitrogens with zero attached hydrogens (tertiary/aromatic N) is 2. The van der Waals surface area contributed by atoms with Crippen molar-refractivity contribution in [3.8, 4) is 11.3 Å². The summed E-state index contributed by atoms with van der Waals surface area (Å²) in [7, 11) is -1.79. The second-order valence-electron chi connectivity index (χ2n) is 7.44. The molecule has 9 heteroatoms. The summed E-state index contributed by atoms with van der Waals surface area (Å²) in [5.41, 5.74) is 5.01. The van der Waals surface area contributed by atoms with Crippen molar-refractivity contribution >= 4 is 49.8 Å². The number of fused-ring (bicyclic) bond motifs is 1. The van der Waals surface area contributed by atoms with E-state index in [1.54, 1.807) is 12.1 Å². The molecule has 31 heavy (non-hydrogen) atoms. The molecule has 0 atom stereocenters. The van der Waals surface area contributed by atoms with E-state index in [1.807, 2.05) is 17.5 Å². The van der Waals surface area contributed by atoms with Crippen LogP contribution in [0.5, 0.6) is 0 Å². The number of carbonyl (C=O) groups excluding carboxylic acids is 1. The Morgan fingerprint density at radius 3 is 2.65 bits per heavy atom. The van der Waals surface area contributed by atoms with E-state index in [1.165, 1.54) is 58.3 Å². The van der Waals surface area contributed by atoms with Gasteiger partial charge in [-0.25, -0.2) is 13.4 Å². The van der Waals surface area contributed by atoms with Crippen molar-refractivity contribution in [2.75, 3.05) is 28.7 Å². The number of thioether (sulfide) groups is 1. The first-order valence-electron chi connectivity index (χ1n) is 9.84. The molecular formula is C22H23N3O3S3. The third-order valence-corrected chi connectivity index (χ3v) is 8.17. The number of aryl methyl sites for hydroxylation is 2.